The molecule has 3 atom stereocenters. The second-order valence-electron chi connectivity index (χ2n) is 7.08. The minimum Gasteiger partial charge on any atom is -0.446 e. The molecule has 0 bridgehead atoms. The second kappa shape index (κ2) is 9.05. The first kappa shape index (κ1) is 20.8. The minimum absolute atomic E-state index is 0.130. The predicted molar refractivity (Wildman–Crippen MR) is 115 cm³/mol. The molecule has 2 aromatic carbocycles. The standard InChI is InChI=1S/C22H24INO4/c1-14-8-9-17(12-15(14)2)20(25)18(10-11-23)21(26)24-19(13-28-22(24)27)16-6-4-3-5-7-16/h3-9,12,18-20,25H,10-11,13H2,1-2H3/t18-,19-,20-/m1/s1. The molecular formula is C22H24INO4. The number of hydrogen-bond donors (Lipinski definition) is 1. The van der Waals surface area contributed by atoms with Gasteiger partial charge < -0.3 is 9.84 Å². The molecule has 5 nitrogen and oxygen atoms in total. The van der Waals surface area contributed by atoms with Gasteiger partial charge in [0, 0.05) is 4.43 Å². The van der Waals surface area contributed by atoms with Crippen LogP contribution in [0.2, 0.25) is 0 Å². The van der Waals surface area contributed by atoms with Crippen molar-refractivity contribution in [3.8, 4) is 0 Å². The number of imide groups is 1. The van der Waals surface area contributed by atoms with E-state index in [1.165, 1.54) is 4.90 Å². The van der Waals surface area contributed by atoms with E-state index in [9.17, 15) is 14.7 Å². The number of carbonyl (C=O) groups excluding carboxylic acids is 2. The number of cyclic esters (lactones) is 1. The van der Waals surface area contributed by atoms with E-state index >= 15 is 0 Å². The third-order valence-corrected chi connectivity index (χ3v) is 5.91. The number of amides is 2. The van der Waals surface area contributed by atoms with Gasteiger partial charge in [-0.3, -0.25) is 4.79 Å². The van der Waals surface area contributed by atoms with E-state index in [-0.39, 0.29) is 6.61 Å². The first-order valence-corrected chi connectivity index (χ1v) is 10.8. The van der Waals surface area contributed by atoms with Gasteiger partial charge in [0.05, 0.1) is 12.0 Å². The first-order chi connectivity index (χ1) is 13.4. The average Bonchev–Trinajstić information content (AvgIpc) is 3.09. The number of benzene rings is 2. The van der Waals surface area contributed by atoms with Crippen molar-refractivity contribution in [1.82, 2.24) is 4.90 Å². The van der Waals surface area contributed by atoms with Crippen molar-refractivity contribution in [3.05, 3.63) is 70.8 Å². The molecule has 1 aliphatic heterocycles. The summed E-state index contributed by atoms with van der Waals surface area (Å²) in [5.41, 5.74) is 3.71. The molecular weight excluding hydrogens is 469 g/mol. The summed E-state index contributed by atoms with van der Waals surface area (Å²) in [6, 6.07) is 14.6. The van der Waals surface area contributed by atoms with E-state index in [0.29, 0.717) is 16.4 Å². The third kappa shape index (κ3) is 4.22. The lowest BCUT2D eigenvalue weighted by Crippen LogP contribution is -2.41. The maximum Gasteiger partial charge on any atom is 0.417 e. The summed E-state index contributed by atoms with van der Waals surface area (Å²) in [5, 5.41) is 11.0. The molecule has 2 amide bonds. The van der Waals surface area contributed by atoms with Crippen LogP contribution < -0.4 is 0 Å². The maximum absolute atomic E-state index is 13.4. The van der Waals surface area contributed by atoms with Gasteiger partial charge in [-0.1, -0.05) is 71.1 Å². The Labute approximate surface area is 178 Å². The molecule has 1 aliphatic rings. The molecule has 1 fully saturated rings. The SMILES string of the molecule is Cc1ccc([C@@H](O)[C@@H](CCI)C(=O)N2C(=O)OC[C@@H]2c2ccccc2)cc1C. The molecule has 1 heterocycles. The molecule has 1 N–H and O–H groups in total. The molecule has 0 saturated carbocycles. The number of nitrogens with zero attached hydrogens (tertiary/aromatic N) is 1. The highest BCUT2D eigenvalue weighted by Gasteiger charge is 2.43. The number of carbonyl (C=O) groups is 2. The molecule has 3 rings (SSSR count). The normalized spacial score (nSPS) is 18.6. The van der Waals surface area contributed by atoms with Crippen LogP contribution in [0.4, 0.5) is 4.79 Å². The minimum atomic E-state index is -0.980. The van der Waals surface area contributed by atoms with Crippen LogP contribution in [0.5, 0.6) is 0 Å². The van der Waals surface area contributed by atoms with Crippen LogP contribution in [0.25, 0.3) is 0 Å². The largest absolute Gasteiger partial charge is 0.446 e. The smallest absolute Gasteiger partial charge is 0.417 e. The van der Waals surface area contributed by atoms with Crippen LogP contribution in [0.1, 0.15) is 40.8 Å². The summed E-state index contributed by atoms with van der Waals surface area (Å²) in [6.07, 6.45) is -1.16. The summed E-state index contributed by atoms with van der Waals surface area (Å²) in [7, 11) is 0. The zero-order valence-corrected chi connectivity index (χ0v) is 18.1. The van der Waals surface area contributed by atoms with Crippen LogP contribution >= 0.6 is 22.6 Å². The number of ether oxygens (including phenoxy) is 1. The Bertz CT molecular complexity index is 855. The van der Waals surface area contributed by atoms with Gasteiger partial charge in [-0.25, -0.2) is 9.69 Å². The van der Waals surface area contributed by atoms with Gasteiger partial charge >= 0.3 is 6.09 Å². The van der Waals surface area contributed by atoms with Crippen LogP contribution in [-0.4, -0.2) is 33.0 Å². The van der Waals surface area contributed by atoms with Crippen LogP contribution in [0.15, 0.2) is 48.5 Å². The number of aliphatic hydroxyl groups is 1. The number of alkyl halides is 1. The third-order valence-electron chi connectivity index (χ3n) is 5.29. The maximum atomic E-state index is 13.4. The van der Waals surface area contributed by atoms with Crippen LogP contribution in [0, 0.1) is 19.8 Å². The van der Waals surface area contributed by atoms with E-state index < -0.39 is 30.1 Å². The number of rotatable bonds is 6. The predicted octanol–water partition coefficient (Wildman–Crippen LogP) is 4.50. The number of hydrogen-bond acceptors (Lipinski definition) is 4. The van der Waals surface area contributed by atoms with Gasteiger partial charge in [0.25, 0.3) is 0 Å². The lowest BCUT2D eigenvalue weighted by Gasteiger charge is -2.28. The Morgan fingerprint density at radius 2 is 1.93 bits per heavy atom. The van der Waals surface area contributed by atoms with Crippen molar-refractivity contribution in [2.45, 2.75) is 32.4 Å². The lowest BCUT2D eigenvalue weighted by molar-refractivity contribution is -0.137. The van der Waals surface area contributed by atoms with Crippen LogP contribution in [-0.2, 0) is 9.53 Å². The first-order valence-electron chi connectivity index (χ1n) is 9.30. The van der Waals surface area contributed by atoms with Crippen molar-refractivity contribution < 1.29 is 19.4 Å². The summed E-state index contributed by atoms with van der Waals surface area (Å²) < 4.78 is 5.87. The molecule has 6 heteroatoms. The zero-order valence-electron chi connectivity index (χ0n) is 16.0. The Hall–Kier alpha value is -1.93. The van der Waals surface area contributed by atoms with E-state index in [2.05, 4.69) is 22.6 Å². The summed E-state index contributed by atoms with van der Waals surface area (Å²) in [5.74, 6) is -1.10. The molecule has 0 radical (unpaired) electrons. The molecule has 148 valence electrons. The number of aliphatic hydroxyl groups excluding tert-OH is 1. The molecule has 1 saturated heterocycles. The highest BCUT2D eigenvalue weighted by atomic mass is 127. The summed E-state index contributed by atoms with van der Waals surface area (Å²) in [6.45, 7) is 4.11. The fourth-order valence-corrected chi connectivity index (χ4v) is 4.15. The highest BCUT2D eigenvalue weighted by Crippen LogP contribution is 2.34. The number of halogens is 1. The van der Waals surface area contributed by atoms with E-state index in [1.54, 1.807) is 0 Å². The second-order valence-corrected chi connectivity index (χ2v) is 8.16. The van der Waals surface area contributed by atoms with Crippen molar-refractivity contribution in [2.24, 2.45) is 5.92 Å². The zero-order chi connectivity index (χ0) is 20.3. The molecule has 0 unspecified atom stereocenters. The van der Waals surface area contributed by atoms with Crippen molar-refractivity contribution >= 4 is 34.6 Å². The van der Waals surface area contributed by atoms with Crippen molar-refractivity contribution in [1.29, 1.82) is 0 Å². The van der Waals surface area contributed by atoms with Gasteiger partial charge in [-0.15, -0.1) is 0 Å². The molecule has 2 aromatic rings. The van der Waals surface area contributed by atoms with Crippen molar-refractivity contribution in [2.75, 3.05) is 11.0 Å². The topological polar surface area (TPSA) is 66.8 Å². The van der Waals surface area contributed by atoms with Gasteiger partial charge in [0.1, 0.15) is 12.6 Å². The Morgan fingerprint density at radius 1 is 1.21 bits per heavy atom. The summed E-state index contributed by atoms with van der Waals surface area (Å²) >= 11 is 2.19. The van der Waals surface area contributed by atoms with Gasteiger partial charge in [-0.05, 0) is 42.5 Å². The van der Waals surface area contributed by atoms with E-state index in [0.717, 1.165) is 16.7 Å². The Morgan fingerprint density at radius 3 is 2.57 bits per heavy atom. The number of aryl methyl sites for hydroxylation is 2. The van der Waals surface area contributed by atoms with Crippen LogP contribution in [0.3, 0.4) is 0 Å². The van der Waals surface area contributed by atoms with Gasteiger partial charge in [0.15, 0.2) is 0 Å². The fraction of sp³-hybridized carbons (Fsp3) is 0.364. The molecule has 0 aliphatic carbocycles. The van der Waals surface area contributed by atoms with Gasteiger partial charge in [-0.2, -0.15) is 0 Å². The van der Waals surface area contributed by atoms with E-state index in [4.69, 9.17) is 4.74 Å². The van der Waals surface area contributed by atoms with E-state index in [1.807, 2.05) is 62.4 Å². The van der Waals surface area contributed by atoms with Crippen molar-refractivity contribution in [3.63, 3.8) is 0 Å². The summed E-state index contributed by atoms with van der Waals surface area (Å²) in [4.78, 5) is 26.9. The van der Waals surface area contributed by atoms with Gasteiger partial charge in [0.2, 0.25) is 5.91 Å². The molecule has 28 heavy (non-hydrogen) atoms. The average molecular weight is 493 g/mol. The monoisotopic (exact) mass is 493 g/mol. The lowest BCUT2D eigenvalue weighted by atomic mass is 9.90. The Kier molecular flexibility index (Phi) is 6.72. The molecule has 0 aromatic heterocycles. The molecule has 0 spiro atoms. The fourth-order valence-electron chi connectivity index (χ4n) is 3.48. The highest BCUT2D eigenvalue weighted by molar-refractivity contribution is 14.1. The Balaban J connectivity index is 1.90. The quantitative estimate of drug-likeness (QED) is 0.476.